The zero-order chi connectivity index (χ0) is 25.2. The Balaban J connectivity index is 1.43. The smallest absolute Gasteiger partial charge is 0.258 e. The number of fused-ring (bicyclic) bond motifs is 1. The van der Waals surface area contributed by atoms with Crippen molar-refractivity contribution in [3.05, 3.63) is 100 Å². The van der Waals surface area contributed by atoms with Crippen LogP contribution in [0.4, 0.5) is 5.13 Å². The molecule has 0 atom stereocenters. The Morgan fingerprint density at radius 1 is 0.861 bits per heavy atom. The molecule has 4 nitrogen and oxygen atoms in total. The SMILES string of the molecule is Cc1ccc(-c2cc(C(=O)Nc3nc(-c4ccc(CC(C)C)cc4)cs3)c3ccccc3n2)cc1C. The van der Waals surface area contributed by atoms with Crippen molar-refractivity contribution in [3.63, 3.8) is 0 Å². The van der Waals surface area contributed by atoms with Gasteiger partial charge >= 0.3 is 0 Å². The molecule has 0 unspecified atom stereocenters. The van der Waals surface area contributed by atoms with Gasteiger partial charge in [0.1, 0.15) is 0 Å². The van der Waals surface area contributed by atoms with Crippen molar-refractivity contribution in [1.29, 1.82) is 0 Å². The number of thiazole rings is 1. The van der Waals surface area contributed by atoms with Crippen molar-refractivity contribution in [2.75, 3.05) is 5.32 Å². The molecule has 3 aromatic carbocycles. The number of pyridine rings is 1. The van der Waals surface area contributed by atoms with Crippen LogP contribution in [0.5, 0.6) is 0 Å². The molecule has 0 spiro atoms. The highest BCUT2D eigenvalue weighted by Crippen LogP contribution is 2.29. The maximum Gasteiger partial charge on any atom is 0.258 e. The number of nitrogens with one attached hydrogen (secondary N) is 1. The summed E-state index contributed by atoms with van der Waals surface area (Å²) < 4.78 is 0. The fraction of sp³-hybridized carbons (Fsp3) is 0.194. The fourth-order valence-corrected chi connectivity index (χ4v) is 5.04. The second-order valence-electron chi connectivity index (χ2n) is 9.66. The maximum atomic E-state index is 13.5. The second kappa shape index (κ2) is 10.0. The number of anilines is 1. The number of para-hydroxylation sites is 1. The Bertz CT molecular complexity index is 1550. The molecular weight excluding hydrogens is 462 g/mol. The Morgan fingerprint density at radius 2 is 1.61 bits per heavy atom. The summed E-state index contributed by atoms with van der Waals surface area (Å²) >= 11 is 1.43. The number of aromatic nitrogens is 2. The highest BCUT2D eigenvalue weighted by Gasteiger charge is 2.16. The number of hydrogen-bond acceptors (Lipinski definition) is 4. The number of carbonyl (C=O) groups is 1. The Labute approximate surface area is 216 Å². The topological polar surface area (TPSA) is 54.9 Å². The lowest BCUT2D eigenvalue weighted by Gasteiger charge is -2.11. The van der Waals surface area contributed by atoms with E-state index in [1.54, 1.807) is 0 Å². The van der Waals surface area contributed by atoms with Gasteiger partial charge in [0, 0.05) is 21.9 Å². The van der Waals surface area contributed by atoms with E-state index >= 15 is 0 Å². The lowest BCUT2D eigenvalue weighted by atomic mass is 10.0. The van der Waals surface area contributed by atoms with Gasteiger partial charge in [-0.05, 0) is 61.1 Å². The average molecular weight is 492 g/mol. The third kappa shape index (κ3) is 5.07. The summed E-state index contributed by atoms with van der Waals surface area (Å²) in [4.78, 5) is 23.0. The quantitative estimate of drug-likeness (QED) is 0.261. The maximum absolute atomic E-state index is 13.5. The van der Waals surface area contributed by atoms with Gasteiger partial charge in [-0.1, -0.05) is 68.4 Å². The molecule has 0 saturated heterocycles. The Morgan fingerprint density at radius 3 is 2.36 bits per heavy atom. The molecule has 0 fully saturated rings. The van der Waals surface area contributed by atoms with Gasteiger partial charge in [-0.3, -0.25) is 10.1 Å². The van der Waals surface area contributed by atoms with E-state index in [2.05, 4.69) is 80.5 Å². The average Bonchev–Trinajstić information content (AvgIpc) is 3.33. The van der Waals surface area contributed by atoms with Gasteiger partial charge in [0.05, 0.1) is 22.5 Å². The molecule has 5 heteroatoms. The van der Waals surface area contributed by atoms with Gasteiger partial charge in [-0.25, -0.2) is 9.97 Å². The standard InChI is InChI=1S/C31H29N3OS/c1-19(2)15-22-10-13-23(14-11-22)29-18-36-31(33-29)34-30(35)26-17-28(24-12-9-20(3)21(4)16-24)32-27-8-6-5-7-25(26)27/h5-14,16-19H,15H2,1-4H3,(H,33,34,35). The molecule has 1 N–H and O–H groups in total. The van der Waals surface area contributed by atoms with Crippen LogP contribution >= 0.6 is 11.3 Å². The fourth-order valence-electron chi connectivity index (χ4n) is 4.32. The zero-order valence-electron chi connectivity index (χ0n) is 21.0. The summed E-state index contributed by atoms with van der Waals surface area (Å²) in [5.41, 5.74) is 8.81. The van der Waals surface area contributed by atoms with Crippen LogP contribution in [0.1, 0.15) is 40.9 Å². The van der Waals surface area contributed by atoms with Crippen molar-refractivity contribution in [2.24, 2.45) is 5.92 Å². The van der Waals surface area contributed by atoms with E-state index in [9.17, 15) is 4.79 Å². The lowest BCUT2D eigenvalue weighted by Crippen LogP contribution is -2.13. The van der Waals surface area contributed by atoms with Gasteiger partial charge in [0.2, 0.25) is 0 Å². The third-order valence-electron chi connectivity index (χ3n) is 6.38. The first-order valence-corrected chi connectivity index (χ1v) is 13.1. The molecule has 0 bridgehead atoms. The third-order valence-corrected chi connectivity index (χ3v) is 7.14. The lowest BCUT2D eigenvalue weighted by molar-refractivity contribution is 0.102. The summed E-state index contributed by atoms with van der Waals surface area (Å²) in [7, 11) is 0. The van der Waals surface area contributed by atoms with Crippen LogP contribution < -0.4 is 5.32 Å². The van der Waals surface area contributed by atoms with Gasteiger partial charge in [-0.2, -0.15) is 0 Å². The van der Waals surface area contributed by atoms with Crippen LogP contribution in [0.3, 0.4) is 0 Å². The van der Waals surface area contributed by atoms with E-state index in [0.29, 0.717) is 16.6 Å². The van der Waals surface area contributed by atoms with E-state index in [1.165, 1.54) is 28.0 Å². The van der Waals surface area contributed by atoms with E-state index in [4.69, 9.17) is 4.98 Å². The predicted octanol–water partition coefficient (Wildman–Crippen LogP) is 8.09. The first-order valence-electron chi connectivity index (χ1n) is 12.2. The second-order valence-corrected chi connectivity index (χ2v) is 10.5. The highest BCUT2D eigenvalue weighted by molar-refractivity contribution is 7.14. The first kappa shape index (κ1) is 23.9. The van der Waals surface area contributed by atoms with Gasteiger partial charge < -0.3 is 0 Å². The van der Waals surface area contributed by atoms with Crippen LogP contribution in [-0.2, 0) is 6.42 Å². The number of amides is 1. The number of aryl methyl sites for hydroxylation is 2. The molecule has 2 aromatic heterocycles. The van der Waals surface area contributed by atoms with Crippen LogP contribution in [0.2, 0.25) is 0 Å². The first-order chi connectivity index (χ1) is 17.4. The summed E-state index contributed by atoms with van der Waals surface area (Å²) in [6, 6.07) is 24.4. The summed E-state index contributed by atoms with van der Waals surface area (Å²) in [6.07, 6.45) is 1.06. The van der Waals surface area contributed by atoms with Crippen molar-refractivity contribution in [1.82, 2.24) is 9.97 Å². The van der Waals surface area contributed by atoms with E-state index < -0.39 is 0 Å². The minimum atomic E-state index is -0.188. The van der Waals surface area contributed by atoms with E-state index in [1.807, 2.05) is 35.7 Å². The molecule has 5 rings (SSSR count). The molecule has 180 valence electrons. The highest BCUT2D eigenvalue weighted by atomic mass is 32.1. The predicted molar refractivity (Wildman–Crippen MR) is 151 cm³/mol. The number of hydrogen-bond donors (Lipinski definition) is 1. The number of benzene rings is 3. The van der Waals surface area contributed by atoms with Gasteiger partial charge in [0.15, 0.2) is 5.13 Å². The van der Waals surface area contributed by atoms with Crippen molar-refractivity contribution >= 4 is 33.3 Å². The van der Waals surface area contributed by atoms with Crippen LogP contribution in [-0.4, -0.2) is 15.9 Å². The molecule has 0 aliphatic heterocycles. The van der Waals surface area contributed by atoms with E-state index in [-0.39, 0.29) is 5.91 Å². The van der Waals surface area contributed by atoms with E-state index in [0.717, 1.165) is 39.8 Å². The largest absolute Gasteiger partial charge is 0.298 e. The molecule has 36 heavy (non-hydrogen) atoms. The summed E-state index contributed by atoms with van der Waals surface area (Å²) in [5.74, 6) is 0.434. The van der Waals surface area contributed by atoms with Crippen molar-refractivity contribution in [3.8, 4) is 22.5 Å². The van der Waals surface area contributed by atoms with Crippen LogP contribution in [0.15, 0.2) is 78.2 Å². The summed E-state index contributed by atoms with van der Waals surface area (Å²) in [5, 5.41) is 6.40. The molecule has 0 saturated carbocycles. The van der Waals surface area contributed by atoms with Crippen molar-refractivity contribution in [2.45, 2.75) is 34.1 Å². The minimum Gasteiger partial charge on any atom is -0.298 e. The molecular formula is C31H29N3OS. The molecule has 5 aromatic rings. The molecule has 2 heterocycles. The van der Waals surface area contributed by atoms with Crippen molar-refractivity contribution < 1.29 is 4.79 Å². The molecule has 0 aliphatic carbocycles. The monoisotopic (exact) mass is 491 g/mol. The number of rotatable bonds is 6. The molecule has 0 aliphatic rings. The van der Waals surface area contributed by atoms with Gasteiger partial charge in [-0.15, -0.1) is 11.3 Å². The minimum absolute atomic E-state index is 0.188. The van der Waals surface area contributed by atoms with Crippen LogP contribution in [0, 0.1) is 19.8 Å². The molecule has 0 radical (unpaired) electrons. The number of nitrogens with zero attached hydrogens (tertiary/aromatic N) is 2. The Hall–Kier alpha value is -3.83. The van der Waals surface area contributed by atoms with Gasteiger partial charge in [0.25, 0.3) is 5.91 Å². The normalized spacial score (nSPS) is 11.2. The molecule has 1 amide bonds. The Kier molecular flexibility index (Phi) is 6.66. The summed E-state index contributed by atoms with van der Waals surface area (Å²) in [6.45, 7) is 8.62. The zero-order valence-corrected chi connectivity index (χ0v) is 21.8. The number of carbonyl (C=O) groups excluding carboxylic acids is 1. The van der Waals surface area contributed by atoms with Crippen LogP contribution in [0.25, 0.3) is 33.4 Å².